The van der Waals surface area contributed by atoms with Gasteiger partial charge in [-0.1, -0.05) is 18.2 Å². The molecule has 1 aliphatic carbocycles. The van der Waals surface area contributed by atoms with E-state index in [1.54, 1.807) is 6.07 Å². The molecule has 1 saturated carbocycles. The second-order valence-electron chi connectivity index (χ2n) is 7.21. The van der Waals surface area contributed by atoms with Gasteiger partial charge in [0.25, 0.3) is 0 Å². The number of benzene rings is 2. The van der Waals surface area contributed by atoms with E-state index in [0.29, 0.717) is 37.8 Å². The number of halogens is 3. The highest BCUT2D eigenvalue weighted by Crippen LogP contribution is 2.36. The summed E-state index contributed by atoms with van der Waals surface area (Å²) in [6.07, 6.45) is -3.11. The van der Waals surface area contributed by atoms with Gasteiger partial charge in [-0.3, -0.25) is 0 Å². The van der Waals surface area contributed by atoms with Crippen LogP contribution >= 0.6 is 0 Å². The number of sulfonamides is 1. The summed E-state index contributed by atoms with van der Waals surface area (Å²) >= 11 is 0. The number of alkyl halides is 3. The van der Waals surface area contributed by atoms with Crippen molar-refractivity contribution in [3.63, 3.8) is 0 Å². The molecule has 3 rings (SSSR count). The number of nitrogens with one attached hydrogen (secondary N) is 1. The van der Waals surface area contributed by atoms with Crippen molar-refractivity contribution in [2.45, 2.75) is 58.6 Å². The number of rotatable bonds is 5. The van der Waals surface area contributed by atoms with E-state index in [9.17, 15) is 30.0 Å². The average molecular weight is 463 g/mol. The number of hydrogen-bond acceptors (Lipinski definition) is 5. The van der Waals surface area contributed by atoms with Crippen LogP contribution in [0.3, 0.4) is 0 Å². The normalized spacial score (nSPS) is 20.8. The minimum absolute atomic E-state index is 0.0733. The van der Waals surface area contributed by atoms with Gasteiger partial charge in [-0.05, 0) is 56.0 Å². The van der Waals surface area contributed by atoms with Gasteiger partial charge in [-0.15, -0.1) is 0 Å². The van der Waals surface area contributed by atoms with E-state index in [0.717, 1.165) is 6.07 Å². The lowest BCUT2D eigenvalue weighted by Gasteiger charge is -2.27. The molecule has 0 atom stereocenters. The second-order valence-corrected chi connectivity index (χ2v) is 10.8. The van der Waals surface area contributed by atoms with Crippen molar-refractivity contribution in [2.75, 3.05) is 0 Å². The van der Waals surface area contributed by atoms with Crippen LogP contribution in [-0.2, 0) is 26.0 Å². The van der Waals surface area contributed by atoms with Gasteiger partial charge < -0.3 is 5.73 Å². The topological polar surface area (TPSA) is 106 Å². The summed E-state index contributed by atoms with van der Waals surface area (Å²) in [5, 5.41) is 0. The van der Waals surface area contributed by atoms with Crippen LogP contribution in [0.2, 0.25) is 0 Å². The maximum absolute atomic E-state index is 13.5. The maximum atomic E-state index is 13.5. The Morgan fingerprint density at radius 1 is 0.867 bits per heavy atom. The van der Waals surface area contributed by atoms with Crippen molar-refractivity contribution in [1.82, 2.24) is 4.72 Å². The Bertz CT molecular complexity index is 1110. The lowest BCUT2D eigenvalue weighted by atomic mass is 9.93. The molecule has 2 aromatic carbocycles. The zero-order valence-corrected chi connectivity index (χ0v) is 17.4. The first-order valence-electron chi connectivity index (χ1n) is 9.20. The number of sulfone groups is 1. The molecular formula is C19H21F3N2O4S2. The average Bonchev–Trinajstić information content (AvgIpc) is 2.69. The number of hydrogen-bond donors (Lipinski definition) is 2. The van der Waals surface area contributed by atoms with E-state index < -0.39 is 47.4 Å². The smallest absolute Gasteiger partial charge is 0.328 e. The Labute approximate surface area is 173 Å². The molecule has 1 aliphatic rings. The Balaban J connectivity index is 2.06. The zero-order chi connectivity index (χ0) is 22.2. The van der Waals surface area contributed by atoms with Crippen LogP contribution in [0.25, 0.3) is 0 Å². The minimum Gasteiger partial charge on any atom is -0.328 e. The van der Waals surface area contributed by atoms with E-state index in [4.69, 9.17) is 5.73 Å². The van der Waals surface area contributed by atoms with Gasteiger partial charge in [-0.2, -0.15) is 13.2 Å². The van der Waals surface area contributed by atoms with Crippen LogP contribution in [0.5, 0.6) is 0 Å². The van der Waals surface area contributed by atoms with Gasteiger partial charge in [0.15, 0.2) is 0 Å². The van der Waals surface area contributed by atoms with Crippen LogP contribution in [-0.4, -0.2) is 28.9 Å². The van der Waals surface area contributed by atoms with Gasteiger partial charge in [0.1, 0.15) is 0 Å². The molecule has 0 aromatic heterocycles. The summed E-state index contributed by atoms with van der Waals surface area (Å²) in [4.78, 5) is -1.79. The van der Waals surface area contributed by atoms with E-state index in [2.05, 4.69) is 4.72 Å². The van der Waals surface area contributed by atoms with Crippen molar-refractivity contribution in [3.05, 3.63) is 54.1 Å². The predicted octanol–water partition coefficient (Wildman–Crippen LogP) is 3.09. The van der Waals surface area contributed by atoms with Crippen molar-refractivity contribution in [1.29, 1.82) is 0 Å². The monoisotopic (exact) mass is 462 g/mol. The van der Waals surface area contributed by atoms with Crippen LogP contribution < -0.4 is 10.5 Å². The lowest BCUT2D eigenvalue weighted by Crippen LogP contribution is -2.41. The zero-order valence-electron chi connectivity index (χ0n) is 15.8. The molecular weight excluding hydrogens is 441 g/mol. The quantitative estimate of drug-likeness (QED) is 0.710. The van der Waals surface area contributed by atoms with Crippen LogP contribution in [0.4, 0.5) is 13.2 Å². The van der Waals surface area contributed by atoms with E-state index in [1.165, 1.54) is 24.3 Å². The molecule has 3 N–H and O–H groups in total. The molecule has 0 heterocycles. The molecule has 11 heteroatoms. The molecule has 0 saturated heterocycles. The fraction of sp³-hybridized carbons (Fsp3) is 0.368. The van der Waals surface area contributed by atoms with Gasteiger partial charge in [-0.25, -0.2) is 21.6 Å². The molecule has 1 fully saturated rings. The summed E-state index contributed by atoms with van der Waals surface area (Å²) in [6, 6.07) is 8.26. The molecule has 0 aliphatic heterocycles. The summed E-state index contributed by atoms with van der Waals surface area (Å²) < 4.78 is 94.0. The molecule has 0 bridgehead atoms. The maximum Gasteiger partial charge on any atom is 0.417 e. The van der Waals surface area contributed by atoms with Crippen LogP contribution in [0, 0.1) is 0 Å². The Kier molecular flexibility index (Phi) is 6.28. The summed E-state index contributed by atoms with van der Waals surface area (Å²) in [5.74, 6) is 0. The Morgan fingerprint density at radius 3 is 2.03 bits per heavy atom. The minimum atomic E-state index is -4.98. The first-order chi connectivity index (χ1) is 13.9. The largest absolute Gasteiger partial charge is 0.417 e. The molecule has 30 heavy (non-hydrogen) atoms. The van der Waals surface area contributed by atoms with E-state index in [1.807, 2.05) is 0 Å². The predicted molar refractivity (Wildman–Crippen MR) is 104 cm³/mol. The molecule has 6 nitrogen and oxygen atoms in total. The van der Waals surface area contributed by atoms with Gasteiger partial charge >= 0.3 is 6.18 Å². The Morgan fingerprint density at radius 2 is 1.47 bits per heavy atom. The van der Waals surface area contributed by atoms with Crippen molar-refractivity contribution < 1.29 is 30.0 Å². The van der Waals surface area contributed by atoms with Gasteiger partial charge in [0, 0.05) is 12.1 Å². The van der Waals surface area contributed by atoms with Crippen LogP contribution in [0.1, 0.15) is 31.2 Å². The van der Waals surface area contributed by atoms with Crippen molar-refractivity contribution >= 4 is 19.9 Å². The summed E-state index contributed by atoms with van der Waals surface area (Å²) in [5.41, 5.74) is 4.36. The highest BCUT2D eigenvalue weighted by atomic mass is 32.2. The fourth-order valence-electron chi connectivity index (χ4n) is 3.38. The molecule has 0 spiro atoms. The Hall–Kier alpha value is -1.95. The molecule has 0 radical (unpaired) electrons. The third-order valence-corrected chi connectivity index (χ3v) is 8.33. The van der Waals surface area contributed by atoms with Crippen molar-refractivity contribution in [3.8, 4) is 0 Å². The fourth-order valence-corrected chi connectivity index (χ4v) is 6.32. The lowest BCUT2D eigenvalue weighted by molar-refractivity contribution is -0.139. The first-order valence-corrected chi connectivity index (χ1v) is 12.2. The standard InChI is InChI=1S/C19H21F3N2O4S2/c20-19(21,22)17-11-10-16(29(25,26)15-4-2-1-3-5-15)12-18(17)30(27,28)24-14-8-6-13(23)7-9-14/h1-5,10-14,24H,6-9,23H2. The first kappa shape index (κ1) is 22.7. The molecule has 2 aromatic rings. The molecule has 0 amide bonds. The second kappa shape index (κ2) is 8.29. The third kappa shape index (κ3) is 4.85. The van der Waals surface area contributed by atoms with E-state index in [-0.39, 0.29) is 10.9 Å². The van der Waals surface area contributed by atoms with Crippen LogP contribution in [0.15, 0.2) is 63.2 Å². The molecule has 0 unspecified atom stereocenters. The third-order valence-electron chi connectivity index (χ3n) is 5.01. The SMILES string of the molecule is NC1CCC(NS(=O)(=O)c2cc(S(=O)(=O)c3ccccc3)ccc2C(F)(F)F)CC1. The highest BCUT2D eigenvalue weighted by Gasteiger charge is 2.39. The molecule has 164 valence electrons. The number of nitrogens with two attached hydrogens (primary N) is 1. The van der Waals surface area contributed by atoms with Gasteiger partial charge in [0.2, 0.25) is 19.9 Å². The summed E-state index contributed by atoms with van der Waals surface area (Å²) in [6.45, 7) is 0. The summed E-state index contributed by atoms with van der Waals surface area (Å²) in [7, 11) is -8.83. The van der Waals surface area contributed by atoms with Crippen molar-refractivity contribution in [2.24, 2.45) is 5.73 Å². The van der Waals surface area contributed by atoms with Gasteiger partial charge in [0.05, 0.1) is 20.2 Å². The van der Waals surface area contributed by atoms with E-state index >= 15 is 0 Å². The highest BCUT2D eigenvalue weighted by molar-refractivity contribution is 7.91.